The fraction of sp³-hybridized carbons (Fsp3) is 0.500. The summed E-state index contributed by atoms with van der Waals surface area (Å²) >= 11 is 0. The van der Waals surface area contributed by atoms with Gasteiger partial charge in [0.2, 0.25) is 0 Å². The lowest BCUT2D eigenvalue weighted by Gasteiger charge is -2.29. The summed E-state index contributed by atoms with van der Waals surface area (Å²) in [7, 11) is 1.72. The van der Waals surface area contributed by atoms with Gasteiger partial charge in [-0.15, -0.1) is 0 Å². The van der Waals surface area contributed by atoms with Gasteiger partial charge in [0.15, 0.2) is 0 Å². The smallest absolute Gasteiger partial charge is 0.131 e. The Balaban J connectivity index is 1.44. The number of ether oxygens (including phenoxy) is 1. The number of fused-ring (bicyclic) bond motifs is 1. The molecule has 1 fully saturated rings. The first-order valence-electron chi connectivity index (χ1n) is 9.22. The van der Waals surface area contributed by atoms with Crippen LogP contribution in [0.4, 0.5) is 0 Å². The Morgan fingerprint density at radius 3 is 3.00 bits per heavy atom. The van der Waals surface area contributed by atoms with E-state index in [2.05, 4.69) is 34.6 Å². The third kappa shape index (κ3) is 3.83. The van der Waals surface area contributed by atoms with Crippen molar-refractivity contribution in [3.05, 3.63) is 53.1 Å². The summed E-state index contributed by atoms with van der Waals surface area (Å²) in [5.74, 6) is 2.51. The maximum absolute atomic E-state index is 5.33. The number of hydrogen-bond acceptors (Lipinski definition) is 5. The molecule has 0 radical (unpaired) electrons. The number of aromatic nitrogens is 2. The van der Waals surface area contributed by atoms with Crippen molar-refractivity contribution in [3.8, 4) is 5.75 Å². The second kappa shape index (κ2) is 7.50. The number of rotatable bonds is 4. The van der Waals surface area contributed by atoms with Gasteiger partial charge in [0, 0.05) is 49.4 Å². The Hall–Kier alpha value is -1.98. The third-order valence-electron chi connectivity index (χ3n) is 5.28. The molecule has 4 rings (SSSR count). The van der Waals surface area contributed by atoms with Crippen LogP contribution in [0.1, 0.15) is 41.4 Å². The molecule has 5 heteroatoms. The monoisotopic (exact) mass is 338 g/mol. The maximum atomic E-state index is 5.33. The summed E-state index contributed by atoms with van der Waals surface area (Å²) < 4.78 is 5.33. The lowest BCUT2D eigenvalue weighted by molar-refractivity contribution is 0.242. The van der Waals surface area contributed by atoms with E-state index in [4.69, 9.17) is 14.7 Å². The third-order valence-corrected chi connectivity index (χ3v) is 5.28. The van der Waals surface area contributed by atoms with E-state index in [9.17, 15) is 0 Å². The Labute approximate surface area is 149 Å². The molecule has 1 aromatic heterocycles. The molecule has 0 aliphatic carbocycles. The van der Waals surface area contributed by atoms with Crippen molar-refractivity contribution in [1.82, 2.24) is 20.2 Å². The van der Waals surface area contributed by atoms with Crippen molar-refractivity contribution in [2.45, 2.75) is 38.3 Å². The standard InChI is InChI=1S/C20H26N4O/c1-25-18-4-2-3-15(11-18)13-24-10-7-19-17(14-24)12-22-20(23-19)16-5-8-21-9-6-16/h2-4,11-12,16,21H,5-10,13-14H2,1H3. The first-order valence-corrected chi connectivity index (χ1v) is 9.22. The molecule has 3 heterocycles. The minimum atomic E-state index is 0.529. The number of benzene rings is 1. The minimum Gasteiger partial charge on any atom is -0.497 e. The number of hydrogen-bond donors (Lipinski definition) is 1. The highest BCUT2D eigenvalue weighted by atomic mass is 16.5. The van der Waals surface area contributed by atoms with Crippen LogP contribution in [0.15, 0.2) is 30.5 Å². The van der Waals surface area contributed by atoms with Gasteiger partial charge < -0.3 is 10.1 Å². The zero-order chi connectivity index (χ0) is 17.1. The SMILES string of the molecule is COc1cccc(CN2CCc3nc(C4CCNCC4)ncc3C2)c1. The van der Waals surface area contributed by atoms with E-state index in [0.29, 0.717) is 5.92 Å². The number of methoxy groups -OCH3 is 1. The van der Waals surface area contributed by atoms with Crippen molar-refractivity contribution < 1.29 is 4.74 Å². The molecule has 1 N–H and O–H groups in total. The fourth-order valence-electron chi connectivity index (χ4n) is 3.83. The highest BCUT2D eigenvalue weighted by Gasteiger charge is 2.22. The molecule has 2 aliphatic heterocycles. The minimum absolute atomic E-state index is 0.529. The van der Waals surface area contributed by atoms with Gasteiger partial charge in [0.1, 0.15) is 11.6 Å². The lowest BCUT2D eigenvalue weighted by atomic mass is 9.96. The average Bonchev–Trinajstić information content (AvgIpc) is 2.68. The molecule has 1 saturated heterocycles. The van der Waals surface area contributed by atoms with Crippen LogP contribution in [-0.4, -0.2) is 41.6 Å². The molecule has 0 atom stereocenters. The number of nitrogens with one attached hydrogen (secondary N) is 1. The predicted octanol–water partition coefficient (Wildman–Crippen LogP) is 2.51. The molecule has 0 spiro atoms. The van der Waals surface area contributed by atoms with Crippen LogP contribution in [0.5, 0.6) is 5.75 Å². The van der Waals surface area contributed by atoms with Crippen LogP contribution in [0.25, 0.3) is 0 Å². The van der Waals surface area contributed by atoms with Crippen LogP contribution >= 0.6 is 0 Å². The highest BCUT2D eigenvalue weighted by Crippen LogP contribution is 2.25. The van der Waals surface area contributed by atoms with Crippen LogP contribution in [0.2, 0.25) is 0 Å². The van der Waals surface area contributed by atoms with Crippen molar-refractivity contribution in [1.29, 1.82) is 0 Å². The van der Waals surface area contributed by atoms with Crippen molar-refractivity contribution in [2.24, 2.45) is 0 Å². The van der Waals surface area contributed by atoms with Crippen LogP contribution in [0, 0.1) is 0 Å². The number of piperidine rings is 1. The van der Waals surface area contributed by atoms with E-state index >= 15 is 0 Å². The van der Waals surface area contributed by atoms with Crippen LogP contribution in [0.3, 0.4) is 0 Å². The second-order valence-corrected chi connectivity index (χ2v) is 7.04. The van der Waals surface area contributed by atoms with Gasteiger partial charge in [-0.2, -0.15) is 0 Å². The van der Waals surface area contributed by atoms with Gasteiger partial charge >= 0.3 is 0 Å². The van der Waals surface area contributed by atoms with Crippen molar-refractivity contribution in [3.63, 3.8) is 0 Å². The molecule has 1 aromatic carbocycles. The van der Waals surface area contributed by atoms with Crippen LogP contribution < -0.4 is 10.1 Å². The van der Waals surface area contributed by atoms with Crippen molar-refractivity contribution >= 4 is 0 Å². The summed E-state index contributed by atoms with van der Waals surface area (Å²) in [6.07, 6.45) is 5.39. The molecular formula is C20H26N4O. The topological polar surface area (TPSA) is 50.3 Å². The molecule has 2 aliphatic rings. The zero-order valence-corrected chi connectivity index (χ0v) is 14.9. The van der Waals surface area contributed by atoms with Gasteiger partial charge in [-0.3, -0.25) is 4.90 Å². The molecule has 132 valence electrons. The Kier molecular flexibility index (Phi) is 4.95. The van der Waals surface area contributed by atoms with Gasteiger partial charge in [-0.25, -0.2) is 9.97 Å². The van der Waals surface area contributed by atoms with Gasteiger partial charge in [0.05, 0.1) is 7.11 Å². The van der Waals surface area contributed by atoms with Crippen molar-refractivity contribution in [2.75, 3.05) is 26.7 Å². The predicted molar refractivity (Wildman–Crippen MR) is 97.7 cm³/mol. The summed E-state index contributed by atoms with van der Waals surface area (Å²) in [5.41, 5.74) is 3.83. The van der Waals surface area contributed by atoms with E-state index < -0.39 is 0 Å². The molecular weight excluding hydrogens is 312 g/mol. The molecule has 5 nitrogen and oxygen atoms in total. The summed E-state index contributed by atoms with van der Waals surface area (Å²) in [4.78, 5) is 12.1. The summed E-state index contributed by atoms with van der Waals surface area (Å²) in [6, 6.07) is 8.33. The van der Waals surface area contributed by atoms with E-state index in [-0.39, 0.29) is 0 Å². The molecule has 0 bridgehead atoms. The molecule has 0 saturated carbocycles. The molecule has 2 aromatic rings. The fourth-order valence-corrected chi connectivity index (χ4v) is 3.83. The van der Waals surface area contributed by atoms with E-state index in [1.165, 1.54) is 16.8 Å². The highest BCUT2D eigenvalue weighted by molar-refractivity contribution is 5.29. The maximum Gasteiger partial charge on any atom is 0.131 e. The van der Waals surface area contributed by atoms with Gasteiger partial charge in [-0.1, -0.05) is 12.1 Å². The Bertz CT molecular complexity index is 727. The van der Waals surface area contributed by atoms with Crippen LogP contribution in [-0.2, 0) is 19.5 Å². The average molecular weight is 338 g/mol. The summed E-state index contributed by atoms with van der Waals surface area (Å²) in [5, 5.41) is 3.41. The Morgan fingerprint density at radius 2 is 2.16 bits per heavy atom. The summed E-state index contributed by atoms with van der Waals surface area (Å²) in [6.45, 7) is 5.08. The van der Waals surface area contributed by atoms with E-state index in [1.54, 1.807) is 7.11 Å². The molecule has 25 heavy (non-hydrogen) atoms. The lowest BCUT2D eigenvalue weighted by Crippen LogP contribution is -2.32. The first kappa shape index (κ1) is 16.5. The van der Waals surface area contributed by atoms with E-state index in [0.717, 1.165) is 63.6 Å². The Morgan fingerprint density at radius 1 is 1.28 bits per heavy atom. The van der Waals surface area contributed by atoms with Gasteiger partial charge in [0.25, 0.3) is 0 Å². The quantitative estimate of drug-likeness (QED) is 0.928. The first-order chi connectivity index (χ1) is 12.3. The molecule has 0 unspecified atom stereocenters. The zero-order valence-electron chi connectivity index (χ0n) is 14.9. The van der Waals surface area contributed by atoms with Gasteiger partial charge in [-0.05, 0) is 43.6 Å². The number of nitrogens with zero attached hydrogens (tertiary/aromatic N) is 3. The molecule has 0 amide bonds. The second-order valence-electron chi connectivity index (χ2n) is 7.04. The normalized spacial score (nSPS) is 18.8. The largest absolute Gasteiger partial charge is 0.497 e. The van der Waals surface area contributed by atoms with E-state index in [1.807, 2.05) is 6.07 Å².